The lowest BCUT2D eigenvalue weighted by Gasteiger charge is -2.33. The van der Waals surface area contributed by atoms with Gasteiger partial charge in [-0.2, -0.15) is 0 Å². The van der Waals surface area contributed by atoms with Crippen molar-refractivity contribution in [1.29, 1.82) is 0 Å². The number of hydrogen-bond acceptors (Lipinski definition) is 2. The van der Waals surface area contributed by atoms with Crippen LogP contribution in [0.1, 0.15) is 207 Å². The van der Waals surface area contributed by atoms with Crippen LogP contribution in [0.2, 0.25) is 0 Å². The first-order valence-corrected chi connectivity index (χ1v) is 18.5. The van der Waals surface area contributed by atoms with Crippen LogP contribution in [-0.2, 0) is 0 Å². The predicted molar refractivity (Wildman–Crippen MR) is 177 cm³/mol. The molecule has 0 aromatic rings. The Kier molecular flexibility index (Phi) is 26.9. The van der Waals surface area contributed by atoms with E-state index < -0.39 is 0 Å². The Balaban J connectivity index is 2.01. The summed E-state index contributed by atoms with van der Waals surface area (Å²) in [5, 5.41) is 0. The highest BCUT2D eigenvalue weighted by Gasteiger charge is 2.24. The minimum absolute atomic E-state index is 0.639. The normalized spacial score (nSPS) is 13.8. The van der Waals surface area contributed by atoms with Crippen molar-refractivity contribution in [3.8, 4) is 0 Å². The Bertz CT molecular complexity index is 462. The van der Waals surface area contributed by atoms with E-state index in [4.69, 9.17) is 0 Å². The molecule has 0 aromatic heterocycles. The zero-order valence-corrected chi connectivity index (χ0v) is 27.5. The van der Waals surface area contributed by atoms with Crippen LogP contribution in [0.4, 0.5) is 0 Å². The maximum Gasteiger partial charge on any atom is 0.101 e. The van der Waals surface area contributed by atoms with Gasteiger partial charge in [-0.05, 0) is 25.7 Å². The molecule has 1 aliphatic heterocycles. The van der Waals surface area contributed by atoms with Gasteiger partial charge in [-0.3, -0.25) is 0 Å². The van der Waals surface area contributed by atoms with E-state index in [9.17, 15) is 0 Å². The lowest BCUT2D eigenvalue weighted by molar-refractivity contribution is 0.136. The van der Waals surface area contributed by atoms with Gasteiger partial charge in [-0.25, -0.2) is 0 Å². The Labute approximate surface area is 248 Å². The van der Waals surface area contributed by atoms with Gasteiger partial charge in [0, 0.05) is 25.5 Å². The van der Waals surface area contributed by atoms with Gasteiger partial charge in [0.15, 0.2) is 0 Å². The van der Waals surface area contributed by atoms with Gasteiger partial charge in [0.1, 0.15) is 6.17 Å². The van der Waals surface area contributed by atoms with E-state index in [2.05, 4.69) is 43.0 Å². The van der Waals surface area contributed by atoms with E-state index >= 15 is 0 Å². The third kappa shape index (κ3) is 21.7. The topological polar surface area (TPSA) is 6.48 Å². The van der Waals surface area contributed by atoms with Gasteiger partial charge < -0.3 is 9.80 Å². The standard InChI is InChI=1S/C37H74N2/c1-4-7-10-12-14-16-18-20-22-24-26-28-30-33-38-35-36-39(37(38)32-9-6-3)34-31-29-27-25-23-21-19-17-15-13-11-8-5-2/h35-37H,4-34H2,1-3H3. The molecule has 39 heavy (non-hydrogen) atoms. The average molecular weight is 547 g/mol. The molecule has 0 saturated carbocycles. The van der Waals surface area contributed by atoms with E-state index in [-0.39, 0.29) is 0 Å². The van der Waals surface area contributed by atoms with Crippen molar-refractivity contribution >= 4 is 0 Å². The minimum atomic E-state index is 0.639. The Morgan fingerprint density at radius 2 is 0.590 bits per heavy atom. The highest BCUT2D eigenvalue weighted by molar-refractivity contribution is 4.96. The molecule has 1 aliphatic rings. The van der Waals surface area contributed by atoms with Gasteiger partial charge >= 0.3 is 0 Å². The number of nitrogens with zero attached hydrogens (tertiary/aromatic N) is 2. The van der Waals surface area contributed by atoms with Crippen molar-refractivity contribution < 1.29 is 0 Å². The van der Waals surface area contributed by atoms with Crippen LogP contribution in [0, 0.1) is 0 Å². The van der Waals surface area contributed by atoms with Crippen LogP contribution in [0.25, 0.3) is 0 Å². The summed E-state index contributed by atoms with van der Waals surface area (Å²) in [6, 6.07) is 0. The third-order valence-corrected chi connectivity index (χ3v) is 9.07. The fourth-order valence-corrected chi connectivity index (χ4v) is 6.35. The van der Waals surface area contributed by atoms with Crippen LogP contribution in [0.3, 0.4) is 0 Å². The summed E-state index contributed by atoms with van der Waals surface area (Å²) < 4.78 is 0. The lowest BCUT2D eigenvalue weighted by Crippen LogP contribution is -2.39. The molecule has 232 valence electrons. The second kappa shape index (κ2) is 28.9. The maximum atomic E-state index is 2.68. The molecule has 0 saturated heterocycles. The highest BCUT2D eigenvalue weighted by Crippen LogP contribution is 2.23. The second-order valence-electron chi connectivity index (χ2n) is 12.9. The third-order valence-electron chi connectivity index (χ3n) is 9.07. The van der Waals surface area contributed by atoms with Crippen molar-refractivity contribution in [3.63, 3.8) is 0 Å². The largest absolute Gasteiger partial charge is 0.356 e. The average Bonchev–Trinajstić information content (AvgIpc) is 3.33. The Morgan fingerprint density at radius 3 is 0.872 bits per heavy atom. The molecule has 0 fully saturated rings. The van der Waals surface area contributed by atoms with E-state index in [1.807, 2.05) is 0 Å². The van der Waals surface area contributed by atoms with Crippen LogP contribution in [-0.4, -0.2) is 29.1 Å². The second-order valence-corrected chi connectivity index (χ2v) is 12.9. The molecule has 0 atom stereocenters. The molecule has 1 rings (SSSR count). The van der Waals surface area contributed by atoms with E-state index in [0.29, 0.717) is 6.17 Å². The summed E-state index contributed by atoms with van der Waals surface area (Å²) in [5.41, 5.74) is 0. The molecule has 2 heteroatoms. The van der Waals surface area contributed by atoms with Gasteiger partial charge in [-0.15, -0.1) is 0 Å². The van der Waals surface area contributed by atoms with Gasteiger partial charge in [0.05, 0.1) is 0 Å². The minimum Gasteiger partial charge on any atom is -0.356 e. The molecule has 0 aliphatic carbocycles. The van der Waals surface area contributed by atoms with E-state index in [0.717, 1.165) is 0 Å². The van der Waals surface area contributed by atoms with Crippen molar-refractivity contribution in [1.82, 2.24) is 9.80 Å². The van der Waals surface area contributed by atoms with Crippen molar-refractivity contribution in [3.05, 3.63) is 12.4 Å². The van der Waals surface area contributed by atoms with Gasteiger partial charge in [-0.1, -0.05) is 181 Å². The van der Waals surface area contributed by atoms with Crippen molar-refractivity contribution in [2.75, 3.05) is 13.1 Å². The molecule has 0 bridgehead atoms. The molecular formula is C37H74N2. The summed E-state index contributed by atoms with van der Waals surface area (Å²) in [4.78, 5) is 5.35. The fraction of sp³-hybridized carbons (Fsp3) is 0.946. The maximum absolute atomic E-state index is 2.68. The Hall–Kier alpha value is -0.660. The smallest absolute Gasteiger partial charge is 0.101 e. The summed E-state index contributed by atoms with van der Waals surface area (Å²) >= 11 is 0. The van der Waals surface area contributed by atoms with Crippen molar-refractivity contribution in [2.45, 2.75) is 213 Å². The number of unbranched alkanes of at least 4 members (excludes halogenated alkanes) is 25. The molecule has 0 N–H and O–H groups in total. The zero-order chi connectivity index (χ0) is 28.1. The monoisotopic (exact) mass is 547 g/mol. The highest BCUT2D eigenvalue weighted by atomic mass is 15.4. The van der Waals surface area contributed by atoms with E-state index in [1.165, 1.54) is 199 Å². The quantitative estimate of drug-likeness (QED) is 0.0798. The molecule has 0 spiro atoms. The van der Waals surface area contributed by atoms with Crippen LogP contribution in [0.15, 0.2) is 12.4 Å². The lowest BCUT2D eigenvalue weighted by atomic mass is 10.0. The zero-order valence-electron chi connectivity index (χ0n) is 27.5. The molecule has 1 heterocycles. The number of rotatable bonds is 31. The van der Waals surface area contributed by atoms with Crippen LogP contribution < -0.4 is 0 Å². The summed E-state index contributed by atoms with van der Waals surface area (Å²) in [5.74, 6) is 0. The fourth-order valence-electron chi connectivity index (χ4n) is 6.35. The SMILES string of the molecule is CCCCCCCCCCCCCCCN1C=CN(CCCCCCCCCCCCCCC)C1CCCC. The molecular weight excluding hydrogens is 472 g/mol. The first-order chi connectivity index (χ1) is 19.3. The van der Waals surface area contributed by atoms with Crippen LogP contribution >= 0.6 is 0 Å². The molecule has 0 radical (unpaired) electrons. The van der Waals surface area contributed by atoms with Gasteiger partial charge in [0.2, 0.25) is 0 Å². The first-order valence-electron chi connectivity index (χ1n) is 18.5. The first kappa shape index (κ1) is 36.4. The molecule has 0 amide bonds. The summed E-state index contributed by atoms with van der Waals surface area (Å²) in [6.07, 6.45) is 47.0. The molecule has 0 unspecified atom stereocenters. The molecule has 0 aromatic carbocycles. The number of hydrogen-bond donors (Lipinski definition) is 0. The summed E-state index contributed by atoms with van der Waals surface area (Å²) in [6.45, 7) is 9.48. The van der Waals surface area contributed by atoms with E-state index in [1.54, 1.807) is 0 Å². The van der Waals surface area contributed by atoms with Gasteiger partial charge in [0.25, 0.3) is 0 Å². The predicted octanol–water partition coefficient (Wildman–Crippen LogP) is 12.8. The molecule has 2 nitrogen and oxygen atoms in total. The summed E-state index contributed by atoms with van der Waals surface area (Å²) in [7, 11) is 0. The van der Waals surface area contributed by atoms with Crippen molar-refractivity contribution in [2.24, 2.45) is 0 Å². The van der Waals surface area contributed by atoms with Crippen LogP contribution in [0.5, 0.6) is 0 Å². The Morgan fingerprint density at radius 1 is 0.333 bits per heavy atom.